The first kappa shape index (κ1) is 19.2. The average Bonchev–Trinajstić information content (AvgIpc) is 2.68. The number of aryl methyl sites for hydroxylation is 1. The van der Waals surface area contributed by atoms with Crippen molar-refractivity contribution < 1.29 is 14.3 Å². The molecule has 1 fully saturated rings. The normalized spacial score (nSPS) is 14.7. The van der Waals surface area contributed by atoms with E-state index in [1.807, 2.05) is 36.1 Å². The number of aromatic nitrogens is 1. The summed E-state index contributed by atoms with van der Waals surface area (Å²) >= 11 is 0. The van der Waals surface area contributed by atoms with Crippen LogP contribution in [0.25, 0.3) is 11.1 Å². The maximum absolute atomic E-state index is 12.5. The van der Waals surface area contributed by atoms with Crippen molar-refractivity contribution in [1.82, 2.24) is 9.88 Å². The van der Waals surface area contributed by atoms with Gasteiger partial charge >= 0.3 is 0 Å². The molecule has 0 bridgehead atoms. The first-order chi connectivity index (χ1) is 13.1. The van der Waals surface area contributed by atoms with Crippen molar-refractivity contribution in [2.24, 2.45) is 0 Å². The van der Waals surface area contributed by atoms with Gasteiger partial charge in [-0.1, -0.05) is 36.8 Å². The Kier molecular flexibility index (Phi) is 6.32. The van der Waals surface area contributed by atoms with Gasteiger partial charge in [0.1, 0.15) is 5.69 Å². The Bertz CT molecular complexity index is 829. The van der Waals surface area contributed by atoms with Crippen LogP contribution in [-0.2, 0) is 9.53 Å². The molecule has 1 saturated heterocycles. The summed E-state index contributed by atoms with van der Waals surface area (Å²) in [5.41, 5.74) is 3.79. The maximum Gasteiger partial charge on any atom is 0.238 e. The van der Waals surface area contributed by atoms with Gasteiger partial charge in [-0.05, 0) is 18.6 Å². The lowest BCUT2D eigenvalue weighted by molar-refractivity contribution is -0.118. The molecule has 0 spiro atoms. The summed E-state index contributed by atoms with van der Waals surface area (Å²) in [5.74, 6) is -0.238. The molecule has 1 aromatic carbocycles. The molecule has 1 aliphatic heterocycles. The monoisotopic (exact) mass is 367 g/mol. The van der Waals surface area contributed by atoms with Crippen molar-refractivity contribution in [2.75, 3.05) is 38.2 Å². The van der Waals surface area contributed by atoms with Crippen molar-refractivity contribution in [3.05, 3.63) is 47.8 Å². The third-order valence-electron chi connectivity index (χ3n) is 4.57. The van der Waals surface area contributed by atoms with Crippen LogP contribution in [-0.4, -0.2) is 54.4 Å². The summed E-state index contributed by atoms with van der Waals surface area (Å²) in [5, 5.41) is 2.89. The molecule has 1 N–H and O–H groups in total. The van der Waals surface area contributed by atoms with Gasteiger partial charge < -0.3 is 10.1 Å². The number of nitrogens with zero attached hydrogens (tertiary/aromatic N) is 2. The number of benzene rings is 1. The van der Waals surface area contributed by atoms with Crippen LogP contribution in [0.3, 0.4) is 0 Å². The summed E-state index contributed by atoms with van der Waals surface area (Å²) in [7, 11) is 0. The number of anilines is 1. The number of Topliss-reactive ketones (excluding diaryl/α,β-unsaturated/α-hetero) is 1. The van der Waals surface area contributed by atoms with E-state index >= 15 is 0 Å². The minimum absolute atomic E-state index is 0.0903. The first-order valence-corrected chi connectivity index (χ1v) is 9.27. The van der Waals surface area contributed by atoms with Crippen LogP contribution in [0.2, 0.25) is 0 Å². The molecule has 0 atom stereocenters. The highest BCUT2D eigenvalue weighted by molar-refractivity contribution is 6.04. The van der Waals surface area contributed by atoms with Crippen LogP contribution in [0.4, 0.5) is 5.69 Å². The molecule has 6 heteroatoms. The van der Waals surface area contributed by atoms with E-state index in [0.717, 1.165) is 29.8 Å². The highest BCUT2D eigenvalue weighted by Crippen LogP contribution is 2.25. The van der Waals surface area contributed by atoms with Gasteiger partial charge in [-0.15, -0.1) is 0 Å². The second-order valence-corrected chi connectivity index (χ2v) is 6.70. The zero-order valence-electron chi connectivity index (χ0n) is 15.8. The molecule has 6 nitrogen and oxygen atoms in total. The fraction of sp³-hybridized carbons (Fsp3) is 0.381. The molecule has 27 heavy (non-hydrogen) atoms. The second kappa shape index (κ2) is 8.88. The van der Waals surface area contributed by atoms with Gasteiger partial charge in [0.25, 0.3) is 0 Å². The highest BCUT2D eigenvalue weighted by atomic mass is 16.5. The van der Waals surface area contributed by atoms with Crippen LogP contribution in [0, 0.1) is 6.92 Å². The number of hydrogen-bond acceptors (Lipinski definition) is 5. The number of carbonyl (C=O) groups excluding carboxylic acids is 2. The molecule has 2 heterocycles. The average molecular weight is 367 g/mol. The molecular formula is C21H25N3O3. The molecule has 0 saturated carbocycles. The summed E-state index contributed by atoms with van der Waals surface area (Å²) in [4.78, 5) is 31.2. The number of morpholine rings is 1. The summed E-state index contributed by atoms with van der Waals surface area (Å²) in [6.07, 6.45) is 2.03. The quantitative estimate of drug-likeness (QED) is 0.795. The number of ketones is 1. The van der Waals surface area contributed by atoms with E-state index in [4.69, 9.17) is 4.74 Å². The zero-order chi connectivity index (χ0) is 19.2. The number of carbonyl (C=O) groups is 2. The number of ether oxygens (including phenoxy) is 1. The van der Waals surface area contributed by atoms with E-state index < -0.39 is 0 Å². The summed E-state index contributed by atoms with van der Waals surface area (Å²) in [6, 6.07) is 9.88. The van der Waals surface area contributed by atoms with Crippen LogP contribution in [0.15, 0.2) is 36.5 Å². The van der Waals surface area contributed by atoms with Crippen LogP contribution in [0.5, 0.6) is 0 Å². The van der Waals surface area contributed by atoms with E-state index in [1.54, 1.807) is 13.1 Å². The second-order valence-electron chi connectivity index (χ2n) is 6.70. The molecule has 1 aliphatic rings. The molecule has 3 rings (SSSR count). The Morgan fingerprint density at radius 3 is 2.67 bits per heavy atom. The predicted molar refractivity (Wildman–Crippen MR) is 105 cm³/mol. The summed E-state index contributed by atoms with van der Waals surface area (Å²) in [6.45, 7) is 6.83. The Labute approximate surface area is 159 Å². The lowest BCUT2D eigenvalue weighted by Gasteiger charge is -2.25. The SMILES string of the molecule is CCC(=O)c1ncc(-c2cccc(C)c2)cc1NC(=O)CN1CCOCC1. The number of rotatable bonds is 6. The zero-order valence-corrected chi connectivity index (χ0v) is 15.8. The topological polar surface area (TPSA) is 71.5 Å². The molecule has 2 aromatic rings. The third-order valence-corrected chi connectivity index (χ3v) is 4.57. The van der Waals surface area contributed by atoms with Gasteiger partial charge in [0.15, 0.2) is 5.78 Å². The van der Waals surface area contributed by atoms with Gasteiger partial charge in [0.05, 0.1) is 25.4 Å². The predicted octanol–water partition coefficient (Wildman–Crippen LogP) is 2.92. The maximum atomic E-state index is 12.5. The number of hydrogen-bond donors (Lipinski definition) is 1. The van der Waals surface area contributed by atoms with E-state index in [2.05, 4.69) is 16.4 Å². The third kappa shape index (κ3) is 4.99. The van der Waals surface area contributed by atoms with Crippen molar-refractivity contribution in [3.63, 3.8) is 0 Å². The molecule has 0 aliphatic carbocycles. The molecule has 0 unspecified atom stereocenters. The van der Waals surface area contributed by atoms with Crippen LogP contribution < -0.4 is 5.32 Å². The highest BCUT2D eigenvalue weighted by Gasteiger charge is 2.18. The molecule has 142 valence electrons. The van der Waals surface area contributed by atoms with Crippen molar-refractivity contribution in [2.45, 2.75) is 20.3 Å². The van der Waals surface area contributed by atoms with E-state index in [1.165, 1.54) is 0 Å². The minimum Gasteiger partial charge on any atom is -0.379 e. The first-order valence-electron chi connectivity index (χ1n) is 9.27. The van der Waals surface area contributed by atoms with Crippen LogP contribution >= 0.6 is 0 Å². The van der Waals surface area contributed by atoms with Gasteiger partial charge in [-0.25, -0.2) is 0 Å². The Hall–Kier alpha value is -2.57. The van der Waals surface area contributed by atoms with E-state index in [9.17, 15) is 9.59 Å². The largest absolute Gasteiger partial charge is 0.379 e. The summed E-state index contributed by atoms with van der Waals surface area (Å²) < 4.78 is 5.31. The van der Waals surface area contributed by atoms with Gasteiger partial charge in [-0.2, -0.15) is 0 Å². The number of nitrogens with one attached hydrogen (secondary N) is 1. The Morgan fingerprint density at radius 2 is 1.96 bits per heavy atom. The molecule has 1 amide bonds. The van der Waals surface area contributed by atoms with Crippen molar-refractivity contribution in [1.29, 1.82) is 0 Å². The van der Waals surface area contributed by atoms with Crippen LogP contribution in [0.1, 0.15) is 29.4 Å². The Balaban J connectivity index is 1.84. The molecule has 1 aromatic heterocycles. The fourth-order valence-electron chi connectivity index (χ4n) is 3.08. The number of pyridine rings is 1. The van der Waals surface area contributed by atoms with E-state index in [-0.39, 0.29) is 18.2 Å². The number of amides is 1. The van der Waals surface area contributed by atoms with Gasteiger partial charge in [-0.3, -0.25) is 19.5 Å². The standard InChI is InChI=1S/C21H25N3O3/c1-3-19(25)21-18(23-20(26)14-24-7-9-27-10-8-24)12-17(13-22-21)16-6-4-5-15(2)11-16/h4-6,11-13H,3,7-10,14H2,1-2H3,(H,23,26). The van der Waals surface area contributed by atoms with E-state index in [0.29, 0.717) is 31.0 Å². The Morgan fingerprint density at radius 1 is 1.19 bits per heavy atom. The molecular weight excluding hydrogens is 342 g/mol. The minimum atomic E-state index is -0.148. The lowest BCUT2D eigenvalue weighted by Crippen LogP contribution is -2.41. The smallest absolute Gasteiger partial charge is 0.238 e. The van der Waals surface area contributed by atoms with Crippen molar-refractivity contribution >= 4 is 17.4 Å². The fourth-order valence-corrected chi connectivity index (χ4v) is 3.08. The van der Waals surface area contributed by atoms with Gasteiger partial charge in [0, 0.05) is 31.3 Å². The van der Waals surface area contributed by atoms with Gasteiger partial charge in [0.2, 0.25) is 5.91 Å². The molecule has 0 radical (unpaired) electrons. The van der Waals surface area contributed by atoms with Crippen molar-refractivity contribution in [3.8, 4) is 11.1 Å². The lowest BCUT2D eigenvalue weighted by atomic mass is 10.0.